The summed E-state index contributed by atoms with van der Waals surface area (Å²) in [5, 5.41) is 133. The molecule has 3 saturated heterocycles. The Morgan fingerprint density at radius 3 is 1.75 bits per heavy atom. The molecule has 22 nitrogen and oxygen atoms in total. The Morgan fingerprint density at radius 1 is 0.625 bits per heavy atom. The first kappa shape index (κ1) is 41.7. The Bertz CT molecular complexity index is 1880. The third kappa shape index (κ3) is 7.70. The summed E-state index contributed by atoms with van der Waals surface area (Å²) >= 11 is 0. The smallest absolute Gasteiger partial charge is 0.239 e. The van der Waals surface area contributed by atoms with Crippen molar-refractivity contribution in [2.24, 2.45) is 0 Å². The Balaban J connectivity index is 1.31. The van der Waals surface area contributed by atoms with Crippen LogP contribution in [-0.2, 0) is 18.9 Å². The zero-order chi connectivity index (χ0) is 40.7. The highest BCUT2D eigenvalue weighted by Crippen LogP contribution is 2.40. The van der Waals surface area contributed by atoms with Gasteiger partial charge in [0.15, 0.2) is 29.7 Å². The predicted molar refractivity (Wildman–Crippen MR) is 179 cm³/mol. The van der Waals surface area contributed by atoms with Gasteiger partial charge < -0.3 is 104 Å². The van der Waals surface area contributed by atoms with Gasteiger partial charge in [-0.3, -0.25) is 4.79 Å². The number of rotatable bonds is 11. The summed E-state index contributed by atoms with van der Waals surface area (Å²) in [6.45, 7) is -2.36. The molecule has 56 heavy (non-hydrogen) atoms. The van der Waals surface area contributed by atoms with E-state index in [1.54, 1.807) is 0 Å². The number of phenols is 2. The molecule has 3 fully saturated rings. The number of benzene rings is 2. The maximum absolute atomic E-state index is 13.6. The Morgan fingerprint density at radius 2 is 1.18 bits per heavy atom. The van der Waals surface area contributed by atoms with Crippen LogP contribution in [-0.4, -0.2) is 185 Å². The molecule has 0 bridgehead atoms. The first-order chi connectivity index (χ1) is 26.6. The van der Waals surface area contributed by atoms with Gasteiger partial charge in [-0.2, -0.15) is 0 Å². The van der Waals surface area contributed by atoms with Crippen molar-refractivity contribution in [1.29, 1.82) is 0 Å². The third-order valence-electron chi connectivity index (χ3n) is 9.64. The van der Waals surface area contributed by atoms with Crippen LogP contribution in [0.4, 0.5) is 0 Å². The van der Waals surface area contributed by atoms with Gasteiger partial charge in [-0.25, -0.2) is 0 Å². The second-order valence-corrected chi connectivity index (χ2v) is 13.2. The quantitative estimate of drug-likeness (QED) is 0.0863. The monoisotopic (exact) mass is 802 g/mol. The average Bonchev–Trinajstić information content (AvgIpc) is 3.18. The molecule has 0 saturated carbocycles. The van der Waals surface area contributed by atoms with Crippen molar-refractivity contribution in [3.63, 3.8) is 0 Å². The van der Waals surface area contributed by atoms with E-state index in [4.69, 9.17) is 37.6 Å². The zero-order valence-electron chi connectivity index (χ0n) is 29.2. The lowest BCUT2D eigenvalue weighted by atomic mass is 9.97. The van der Waals surface area contributed by atoms with Gasteiger partial charge in [0.2, 0.25) is 23.8 Å². The van der Waals surface area contributed by atoms with Crippen molar-refractivity contribution < 1.29 is 104 Å². The lowest BCUT2D eigenvalue weighted by Gasteiger charge is -2.45. The van der Waals surface area contributed by atoms with E-state index in [-0.39, 0.29) is 28.4 Å². The summed E-state index contributed by atoms with van der Waals surface area (Å²) in [4.78, 5) is 13.6. The van der Waals surface area contributed by atoms with Crippen LogP contribution >= 0.6 is 0 Å². The minimum absolute atomic E-state index is 0.0109. The molecule has 2 aromatic carbocycles. The maximum Gasteiger partial charge on any atom is 0.239 e. The van der Waals surface area contributed by atoms with Gasteiger partial charge in [0.25, 0.3) is 0 Å². The van der Waals surface area contributed by atoms with Crippen LogP contribution in [0.1, 0.15) is 0 Å². The molecule has 310 valence electrons. The highest BCUT2D eigenvalue weighted by Gasteiger charge is 2.51. The molecule has 4 heterocycles. The number of methoxy groups -OCH3 is 1. The van der Waals surface area contributed by atoms with E-state index in [1.807, 2.05) is 0 Å². The normalized spacial score (nSPS) is 36.3. The Hall–Kier alpha value is -3.95. The summed E-state index contributed by atoms with van der Waals surface area (Å²) in [6.07, 6.45) is -25.7. The maximum atomic E-state index is 13.6. The van der Waals surface area contributed by atoms with Crippen molar-refractivity contribution in [2.45, 2.75) is 92.1 Å². The molecule has 0 spiro atoms. The fourth-order valence-electron chi connectivity index (χ4n) is 6.51. The number of aromatic hydroxyl groups is 2. The highest BCUT2D eigenvalue weighted by atomic mass is 16.8. The second kappa shape index (κ2) is 16.9. The van der Waals surface area contributed by atoms with Crippen LogP contribution in [0, 0.1) is 0 Å². The molecule has 15 atom stereocenters. The van der Waals surface area contributed by atoms with Crippen LogP contribution in [0.15, 0.2) is 39.5 Å². The van der Waals surface area contributed by atoms with E-state index < -0.39 is 140 Å². The van der Waals surface area contributed by atoms with Crippen LogP contribution in [0.3, 0.4) is 0 Å². The van der Waals surface area contributed by atoms with E-state index in [9.17, 15) is 71.2 Å². The van der Waals surface area contributed by atoms with Gasteiger partial charge in [-0.05, 0) is 18.2 Å². The molecule has 0 radical (unpaired) electrons. The minimum atomic E-state index is -1.94. The molecule has 22 heteroatoms. The van der Waals surface area contributed by atoms with Crippen molar-refractivity contribution >= 4 is 11.0 Å². The third-order valence-corrected chi connectivity index (χ3v) is 9.64. The Kier molecular flexibility index (Phi) is 12.6. The SMILES string of the molecule is COc1c(-c2ccc(O[C@@H]3O[C@H](CO)[C@@H](O)[C@H](O)[C@H]3O)c(O)c2)oc2cc(O[C@@H]3O[C@H](CO)[C@@H](O)[C@H](O)[C@H]3O[C@@H]3O[C@H](CO)[C@@H](O)[C@H](O)[C@H]3O)cc(O)c2c1=O. The summed E-state index contributed by atoms with van der Waals surface area (Å²) < 4.78 is 44.6. The standard InChI is InChI=1S/C34H42O22/c1-49-30-23(43)19-13(39)5-11(50-34-31(26(46)22(42)18(9-37)55-34)56-33-28(48)25(45)21(41)17(8-36)54-33)6-15(19)51-29(30)10-2-3-14(12(38)4-10)52-32-27(47)24(44)20(40)16(7-35)53-32/h2-6,16-18,20-22,24-28,31-42,44-48H,7-9H2,1H3/t16-,17-,18-,20-,21-,22-,24+,25+,26+,27-,28-,31-,32-,33+,34-/m1/s1. The largest absolute Gasteiger partial charge is 0.507 e. The van der Waals surface area contributed by atoms with Gasteiger partial charge in [-0.15, -0.1) is 0 Å². The van der Waals surface area contributed by atoms with Gasteiger partial charge in [0.05, 0.1) is 26.9 Å². The molecule has 3 aromatic rings. The van der Waals surface area contributed by atoms with Gasteiger partial charge in [0.1, 0.15) is 89.6 Å². The number of fused-ring (bicyclic) bond motifs is 1. The molecular weight excluding hydrogens is 760 g/mol. The molecule has 0 amide bonds. The topological polar surface area (TPSA) is 358 Å². The van der Waals surface area contributed by atoms with Crippen LogP contribution in [0.5, 0.6) is 28.7 Å². The molecule has 6 rings (SSSR count). The van der Waals surface area contributed by atoms with Crippen LogP contribution < -0.4 is 19.6 Å². The number of phenolic OH excluding ortho intramolecular Hbond substituents is 2. The highest BCUT2D eigenvalue weighted by molar-refractivity contribution is 5.88. The van der Waals surface area contributed by atoms with Crippen molar-refractivity contribution in [3.05, 3.63) is 40.6 Å². The van der Waals surface area contributed by atoms with Gasteiger partial charge in [0, 0.05) is 17.7 Å². The van der Waals surface area contributed by atoms with Crippen molar-refractivity contribution in [3.8, 4) is 40.1 Å². The number of aliphatic hydroxyl groups excluding tert-OH is 11. The Labute approximate surface area is 314 Å². The summed E-state index contributed by atoms with van der Waals surface area (Å²) in [6, 6.07) is 5.61. The lowest BCUT2D eigenvalue weighted by molar-refractivity contribution is -0.357. The van der Waals surface area contributed by atoms with E-state index in [2.05, 4.69) is 0 Å². The van der Waals surface area contributed by atoms with E-state index in [1.165, 1.54) is 12.1 Å². The van der Waals surface area contributed by atoms with E-state index in [0.29, 0.717) is 0 Å². The van der Waals surface area contributed by atoms with Gasteiger partial charge in [-0.1, -0.05) is 0 Å². The lowest BCUT2D eigenvalue weighted by Crippen LogP contribution is -2.65. The van der Waals surface area contributed by atoms with E-state index >= 15 is 0 Å². The van der Waals surface area contributed by atoms with Crippen LogP contribution in [0.2, 0.25) is 0 Å². The summed E-state index contributed by atoms with van der Waals surface area (Å²) in [7, 11) is 1.14. The predicted octanol–water partition coefficient (Wildman–Crippen LogP) is -4.94. The molecule has 3 aliphatic heterocycles. The molecular formula is C34H42O22. The zero-order valence-corrected chi connectivity index (χ0v) is 29.2. The number of hydrogen-bond donors (Lipinski definition) is 13. The first-order valence-corrected chi connectivity index (χ1v) is 17.1. The fraction of sp³-hybridized carbons (Fsp3) is 0.559. The summed E-state index contributed by atoms with van der Waals surface area (Å²) in [5.74, 6) is -2.61. The number of hydrogen-bond acceptors (Lipinski definition) is 22. The minimum Gasteiger partial charge on any atom is -0.507 e. The molecule has 0 aliphatic carbocycles. The number of ether oxygens (including phenoxy) is 7. The first-order valence-electron chi connectivity index (χ1n) is 17.1. The second-order valence-electron chi connectivity index (χ2n) is 13.2. The number of aliphatic hydroxyl groups is 11. The molecule has 1 aromatic heterocycles. The van der Waals surface area contributed by atoms with Crippen LogP contribution in [0.25, 0.3) is 22.3 Å². The van der Waals surface area contributed by atoms with E-state index in [0.717, 1.165) is 25.3 Å². The van der Waals surface area contributed by atoms with Gasteiger partial charge >= 0.3 is 0 Å². The molecule has 3 aliphatic rings. The molecule has 13 N–H and O–H groups in total. The van der Waals surface area contributed by atoms with Crippen molar-refractivity contribution in [1.82, 2.24) is 0 Å². The van der Waals surface area contributed by atoms with Crippen molar-refractivity contribution in [2.75, 3.05) is 26.9 Å². The molecule has 0 unspecified atom stereocenters. The fourth-order valence-corrected chi connectivity index (χ4v) is 6.51. The summed E-state index contributed by atoms with van der Waals surface area (Å²) in [5.41, 5.74) is -1.20. The average molecular weight is 803 g/mol.